The SMILES string of the molecule is CCN(CC)CCCN(CC)Cc1ccc(Br)cc1Cl. The molecule has 0 aliphatic heterocycles. The van der Waals surface area contributed by atoms with Gasteiger partial charge < -0.3 is 4.90 Å². The Morgan fingerprint density at radius 1 is 1.00 bits per heavy atom. The Bertz CT molecular complexity index is 394. The third-order valence-corrected chi connectivity index (χ3v) is 4.54. The van der Waals surface area contributed by atoms with Crippen LogP contribution < -0.4 is 0 Å². The number of hydrogen-bond donors (Lipinski definition) is 0. The highest BCUT2D eigenvalue weighted by molar-refractivity contribution is 9.10. The van der Waals surface area contributed by atoms with Gasteiger partial charge >= 0.3 is 0 Å². The third-order valence-electron chi connectivity index (χ3n) is 3.70. The Kier molecular flexibility index (Phi) is 8.78. The molecule has 0 amide bonds. The molecular weight excluding hydrogens is 336 g/mol. The Morgan fingerprint density at radius 3 is 2.15 bits per heavy atom. The van der Waals surface area contributed by atoms with Crippen LogP contribution in [-0.2, 0) is 6.54 Å². The Hall–Kier alpha value is -0.0900. The van der Waals surface area contributed by atoms with E-state index in [1.807, 2.05) is 6.07 Å². The minimum Gasteiger partial charge on any atom is -0.304 e. The summed E-state index contributed by atoms with van der Waals surface area (Å²) >= 11 is 9.74. The summed E-state index contributed by atoms with van der Waals surface area (Å²) in [6, 6.07) is 6.14. The van der Waals surface area contributed by atoms with Crippen LogP contribution in [0.5, 0.6) is 0 Å². The second kappa shape index (κ2) is 9.78. The van der Waals surface area contributed by atoms with Crippen molar-refractivity contribution in [2.45, 2.75) is 33.7 Å². The fraction of sp³-hybridized carbons (Fsp3) is 0.625. The molecule has 1 rings (SSSR count). The maximum absolute atomic E-state index is 6.30. The normalized spacial score (nSPS) is 11.6. The van der Waals surface area contributed by atoms with Crippen LogP contribution in [0.25, 0.3) is 0 Å². The third kappa shape index (κ3) is 6.13. The van der Waals surface area contributed by atoms with E-state index in [-0.39, 0.29) is 0 Å². The summed E-state index contributed by atoms with van der Waals surface area (Å²) in [6.45, 7) is 13.2. The Balaban J connectivity index is 2.46. The van der Waals surface area contributed by atoms with Crippen LogP contribution >= 0.6 is 27.5 Å². The molecule has 4 heteroatoms. The van der Waals surface area contributed by atoms with E-state index >= 15 is 0 Å². The van der Waals surface area contributed by atoms with Crippen LogP contribution in [0, 0.1) is 0 Å². The standard InChI is InChI=1S/C16H26BrClN2/c1-4-19(5-2)10-7-11-20(6-3)13-14-8-9-15(17)12-16(14)18/h8-9,12H,4-7,10-11,13H2,1-3H3. The van der Waals surface area contributed by atoms with E-state index in [4.69, 9.17) is 11.6 Å². The zero-order chi connectivity index (χ0) is 15.0. The molecule has 0 fully saturated rings. The van der Waals surface area contributed by atoms with Gasteiger partial charge in [-0.3, -0.25) is 4.90 Å². The first-order chi connectivity index (χ1) is 9.60. The summed E-state index contributed by atoms with van der Waals surface area (Å²) in [5.74, 6) is 0. The number of rotatable bonds is 9. The first-order valence-corrected chi connectivity index (χ1v) is 8.66. The second-order valence-electron chi connectivity index (χ2n) is 4.98. The highest BCUT2D eigenvalue weighted by Gasteiger charge is 2.08. The zero-order valence-electron chi connectivity index (χ0n) is 12.8. The molecule has 20 heavy (non-hydrogen) atoms. The number of benzene rings is 1. The Labute approximate surface area is 137 Å². The topological polar surface area (TPSA) is 6.48 Å². The summed E-state index contributed by atoms with van der Waals surface area (Å²) in [7, 11) is 0. The van der Waals surface area contributed by atoms with Crippen molar-refractivity contribution in [3.05, 3.63) is 33.3 Å². The Morgan fingerprint density at radius 2 is 1.60 bits per heavy atom. The fourth-order valence-electron chi connectivity index (χ4n) is 2.30. The highest BCUT2D eigenvalue weighted by atomic mass is 79.9. The van der Waals surface area contributed by atoms with Crippen LogP contribution in [0.15, 0.2) is 22.7 Å². The number of hydrogen-bond acceptors (Lipinski definition) is 2. The van der Waals surface area contributed by atoms with Gasteiger partial charge in [0.1, 0.15) is 0 Å². The molecule has 114 valence electrons. The summed E-state index contributed by atoms with van der Waals surface area (Å²) in [5, 5.41) is 0.849. The number of halogens is 2. The summed E-state index contributed by atoms with van der Waals surface area (Å²) < 4.78 is 1.04. The minimum absolute atomic E-state index is 0.849. The molecular formula is C16H26BrClN2. The highest BCUT2D eigenvalue weighted by Crippen LogP contribution is 2.22. The molecule has 0 aliphatic rings. The zero-order valence-corrected chi connectivity index (χ0v) is 15.2. The summed E-state index contributed by atoms with van der Waals surface area (Å²) in [5.41, 5.74) is 1.21. The van der Waals surface area contributed by atoms with Crippen LogP contribution in [-0.4, -0.2) is 42.5 Å². The lowest BCUT2D eigenvalue weighted by Crippen LogP contribution is -2.29. The van der Waals surface area contributed by atoms with E-state index in [1.165, 1.54) is 18.5 Å². The average molecular weight is 362 g/mol. The molecule has 0 aromatic heterocycles. The summed E-state index contributed by atoms with van der Waals surface area (Å²) in [4.78, 5) is 4.93. The second-order valence-corrected chi connectivity index (χ2v) is 6.31. The van der Waals surface area contributed by atoms with E-state index in [2.05, 4.69) is 58.6 Å². The van der Waals surface area contributed by atoms with E-state index in [9.17, 15) is 0 Å². The maximum atomic E-state index is 6.30. The molecule has 2 nitrogen and oxygen atoms in total. The quantitative estimate of drug-likeness (QED) is 0.631. The molecule has 0 atom stereocenters. The van der Waals surface area contributed by atoms with Crippen molar-refractivity contribution < 1.29 is 0 Å². The molecule has 0 spiro atoms. The van der Waals surface area contributed by atoms with Gasteiger partial charge in [0.25, 0.3) is 0 Å². The van der Waals surface area contributed by atoms with Gasteiger partial charge in [-0.15, -0.1) is 0 Å². The van der Waals surface area contributed by atoms with Gasteiger partial charge in [-0.1, -0.05) is 54.4 Å². The largest absolute Gasteiger partial charge is 0.304 e. The maximum Gasteiger partial charge on any atom is 0.0462 e. The molecule has 0 bridgehead atoms. The van der Waals surface area contributed by atoms with Crippen molar-refractivity contribution in [1.29, 1.82) is 0 Å². The van der Waals surface area contributed by atoms with Gasteiger partial charge in [-0.2, -0.15) is 0 Å². The average Bonchev–Trinajstić information content (AvgIpc) is 2.44. The predicted molar refractivity (Wildman–Crippen MR) is 92.5 cm³/mol. The minimum atomic E-state index is 0.849. The molecule has 0 saturated carbocycles. The van der Waals surface area contributed by atoms with Gasteiger partial charge in [-0.05, 0) is 56.8 Å². The molecule has 0 N–H and O–H groups in total. The van der Waals surface area contributed by atoms with E-state index in [0.717, 1.165) is 42.2 Å². The van der Waals surface area contributed by atoms with Crippen molar-refractivity contribution in [1.82, 2.24) is 9.80 Å². The van der Waals surface area contributed by atoms with Gasteiger partial charge in [0.15, 0.2) is 0 Å². The number of nitrogens with zero attached hydrogens (tertiary/aromatic N) is 2. The monoisotopic (exact) mass is 360 g/mol. The first-order valence-electron chi connectivity index (χ1n) is 7.49. The van der Waals surface area contributed by atoms with Crippen molar-refractivity contribution >= 4 is 27.5 Å². The van der Waals surface area contributed by atoms with Crippen LogP contribution in [0.1, 0.15) is 32.8 Å². The van der Waals surface area contributed by atoms with Gasteiger partial charge in [0, 0.05) is 16.0 Å². The van der Waals surface area contributed by atoms with Crippen LogP contribution in [0.2, 0.25) is 5.02 Å². The van der Waals surface area contributed by atoms with Gasteiger partial charge in [0.05, 0.1) is 0 Å². The lowest BCUT2D eigenvalue weighted by atomic mass is 10.2. The van der Waals surface area contributed by atoms with Crippen LogP contribution in [0.4, 0.5) is 0 Å². The van der Waals surface area contributed by atoms with Crippen LogP contribution in [0.3, 0.4) is 0 Å². The molecule has 0 aliphatic carbocycles. The van der Waals surface area contributed by atoms with Crippen molar-refractivity contribution in [2.24, 2.45) is 0 Å². The molecule has 0 saturated heterocycles. The molecule has 1 aromatic carbocycles. The lowest BCUT2D eigenvalue weighted by Gasteiger charge is -2.23. The fourth-order valence-corrected chi connectivity index (χ4v) is 3.03. The van der Waals surface area contributed by atoms with E-state index in [1.54, 1.807) is 0 Å². The molecule has 1 aromatic rings. The van der Waals surface area contributed by atoms with Crippen molar-refractivity contribution in [3.8, 4) is 0 Å². The van der Waals surface area contributed by atoms with Crippen molar-refractivity contribution in [2.75, 3.05) is 32.7 Å². The first kappa shape index (κ1) is 18.0. The smallest absolute Gasteiger partial charge is 0.0462 e. The van der Waals surface area contributed by atoms with Crippen molar-refractivity contribution in [3.63, 3.8) is 0 Å². The summed E-state index contributed by atoms with van der Waals surface area (Å²) in [6.07, 6.45) is 1.21. The lowest BCUT2D eigenvalue weighted by molar-refractivity contribution is 0.238. The molecule has 0 heterocycles. The molecule has 0 radical (unpaired) electrons. The molecule has 0 unspecified atom stereocenters. The predicted octanol–water partition coefficient (Wildman–Crippen LogP) is 4.66. The van der Waals surface area contributed by atoms with Gasteiger partial charge in [-0.25, -0.2) is 0 Å². The van der Waals surface area contributed by atoms with E-state index < -0.39 is 0 Å². The van der Waals surface area contributed by atoms with Gasteiger partial charge in [0.2, 0.25) is 0 Å². The van der Waals surface area contributed by atoms with E-state index in [0.29, 0.717) is 0 Å².